The minimum absolute atomic E-state index is 0.127. The molecular formula is C19H22N4O5S. The first-order valence-electron chi connectivity index (χ1n) is 9.71. The number of urea groups is 1. The Morgan fingerprint density at radius 1 is 1.21 bits per heavy atom. The van der Waals surface area contributed by atoms with Gasteiger partial charge in [-0.2, -0.15) is 0 Å². The zero-order valence-corrected chi connectivity index (χ0v) is 17.1. The molecule has 1 unspecified atom stereocenters. The van der Waals surface area contributed by atoms with Crippen LogP contribution in [0.3, 0.4) is 0 Å². The van der Waals surface area contributed by atoms with Gasteiger partial charge in [0.1, 0.15) is 15.5 Å². The third kappa shape index (κ3) is 3.41. The number of esters is 1. The summed E-state index contributed by atoms with van der Waals surface area (Å²) >= 11 is 1.11. The van der Waals surface area contributed by atoms with E-state index in [1.807, 2.05) is 0 Å². The van der Waals surface area contributed by atoms with Gasteiger partial charge in [0.15, 0.2) is 6.10 Å². The lowest BCUT2D eigenvalue weighted by molar-refractivity contribution is -0.136. The molecule has 2 aromatic rings. The first kappa shape index (κ1) is 19.6. The average molecular weight is 418 g/mol. The molecule has 9 nitrogen and oxygen atoms in total. The van der Waals surface area contributed by atoms with E-state index in [2.05, 4.69) is 10.3 Å². The number of aromatic nitrogens is 2. The quantitative estimate of drug-likeness (QED) is 0.758. The second-order valence-electron chi connectivity index (χ2n) is 7.30. The van der Waals surface area contributed by atoms with Crippen LogP contribution in [0.2, 0.25) is 0 Å². The van der Waals surface area contributed by atoms with Crippen LogP contribution in [0.15, 0.2) is 4.79 Å². The van der Waals surface area contributed by atoms with E-state index >= 15 is 0 Å². The Morgan fingerprint density at radius 3 is 2.72 bits per heavy atom. The number of fused-ring (bicyclic) bond motifs is 2. The molecule has 3 amide bonds. The maximum Gasteiger partial charge on any atom is 0.349 e. The molecule has 1 fully saturated rings. The van der Waals surface area contributed by atoms with E-state index in [0.717, 1.165) is 47.7 Å². The molecule has 0 saturated carbocycles. The van der Waals surface area contributed by atoms with Gasteiger partial charge in [0.2, 0.25) is 0 Å². The summed E-state index contributed by atoms with van der Waals surface area (Å²) in [7, 11) is 0. The molecule has 2 aliphatic rings. The SMILES string of the molecule is Cc1c(C(=O)OC(C)C(=O)N2CCNC2=O)sc2nc3n(c(=O)c12)CCCCC3. The fourth-order valence-corrected chi connectivity index (χ4v) is 4.84. The number of ether oxygens (including phenoxy) is 1. The second kappa shape index (κ2) is 7.58. The summed E-state index contributed by atoms with van der Waals surface area (Å²) in [5.74, 6) is -0.507. The van der Waals surface area contributed by atoms with Crippen molar-refractivity contribution in [3.63, 3.8) is 0 Å². The lowest BCUT2D eigenvalue weighted by Gasteiger charge is -2.17. The van der Waals surface area contributed by atoms with Crippen molar-refractivity contribution in [3.8, 4) is 0 Å². The Kier molecular flexibility index (Phi) is 5.12. The van der Waals surface area contributed by atoms with E-state index in [9.17, 15) is 19.2 Å². The third-order valence-electron chi connectivity index (χ3n) is 5.35. The van der Waals surface area contributed by atoms with Gasteiger partial charge in [-0.3, -0.25) is 19.1 Å². The van der Waals surface area contributed by atoms with Crippen molar-refractivity contribution >= 4 is 39.5 Å². The van der Waals surface area contributed by atoms with Crippen molar-refractivity contribution in [1.82, 2.24) is 19.8 Å². The second-order valence-corrected chi connectivity index (χ2v) is 8.30. The molecule has 10 heteroatoms. The first-order valence-corrected chi connectivity index (χ1v) is 10.5. The van der Waals surface area contributed by atoms with E-state index in [-0.39, 0.29) is 17.0 Å². The standard InChI is InChI=1S/C19H22N4O5S/c1-10-13-15(21-12-6-4-3-5-8-22(12)17(13)25)29-14(10)18(26)28-11(2)16(24)23-9-7-20-19(23)27/h11H,3-9H2,1-2H3,(H,20,27). The largest absolute Gasteiger partial charge is 0.448 e. The van der Waals surface area contributed by atoms with Crippen LogP contribution in [0.25, 0.3) is 10.2 Å². The average Bonchev–Trinajstić information content (AvgIpc) is 3.16. The van der Waals surface area contributed by atoms with Crippen LogP contribution in [-0.2, 0) is 22.5 Å². The minimum atomic E-state index is -1.11. The maximum atomic E-state index is 13.0. The van der Waals surface area contributed by atoms with Crippen molar-refractivity contribution in [1.29, 1.82) is 0 Å². The van der Waals surface area contributed by atoms with Gasteiger partial charge in [-0.1, -0.05) is 6.42 Å². The number of nitrogens with zero attached hydrogens (tertiary/aromatic N) is 3. The van der Waals surface area contributed by atoms with Crippen molar-refractivity contribution in [2.75, 3.05) is 13.1 Å². The highest BCUT2D eigenvalue weighted by molar-refractivity contribution is 7.20. The molecule has 4 heterocycles. The number of hydrogen-bond donors (Lipinski definition) is 1. The van der Waals surface area contributed by atoms with Gasteiger partial charge in [-0.25, -0.2) is 14.6 Å². The summed E-state index contributed by atoms with van der Waals surface area (Å²) in [6, 6.07) is -0.491. The van der Waals surface area contributed by atoms with Crippen LogP contribution < -0.4 is 10.9 Å². The van der Waals surface area contributed by atoms with Gasteiger partial charge in [0, 0.05) is 26.1 Å². The van der Waals surface area contributed by atoms with Crippen LogP contribution >= 0.6 is 11.3 Å². The predicted molar refractivity (Wildman–Crippen MR) is 106 cm³/mol. The van der Waals surface area contributed by atoms with Crippen LogP contribution in [0.5, 0.6) is 0 Å². The molecule has 2 aliphatic heterocycles. The number of rotatable bonds is 3. The highest BCUT2D eigenvalue weighted by atomic mass is 32.1. The van der Waals surface area contributed by atoms with Gasteiger partial charge in [-0.15, -0.1) is 11.3 Å². The van der Waals surface area contributed by atoms with Crippen LogP contribution in [0, 0.1) is 6.92 Å². The zero-order valence-electron chi connectivity index (χ0n) is 16.3. The van der Waals surface area contributed by atoms with E-state index in [0.29, 0.717) is 28.9 Å². The number of carbonyl (C=O) groups is 3. The molecule has 0 aromatic carbocycles. The monoisotopic (exact) mass is 418 g/mol. The van der Waals surface area contributed by atoms with Crippen molar-refractivity contribution in [2.45, 2.75) is 52.2 Å². The Balaban J connectivity index is 1.62. The summed E-state index contributed by atoms with van der Waals surface area (Å²) < 4.78 is 7.03. The van der Waals surface area contributed by atoms with Gasteiger partial charge < -0.3 is 10.1 Å². The number of thiophene rings is 1. The van der Waals surface area contributed by atoms with Gasteiger partial charge in [0.25, 0.3) is 11.5 Å². The molecule has 1 atom stereocenters. The molecule has 0 radical (unpaired) electrons. The number of amides is 3. The summed E-state index contributed by atoms with van der Waals surface area (Å²) in [5, 5.41) is 2.97. The normalized spacial score (nSPS) is 17.6. The van der Waals surface area contributed by atoms with E-state index < -0.39 is 24.0 Å². The molecule has 1 saturated heterocycles. The fraction of sp³-hybridized carbons (Fsp3) is 0.526. The fourth-order valence-electron chi connectivity index (χ4n) is 3.77. The highest BCUT2D eigenvalue weighted by Gasteiger charge is 2.32. The number of aryl methyl sites for hydroxylation is 2. The lowest BCUT2D eigenvalue weighted by atomic mass is 10.2. The summed E-state index contributed by atoms with van der Waals surface area (Å²) in [5.41, 5.74) is 0.392. The van der Waals surface area contributed by atoms with Gasteiger partial charge in [-0.05, 0) is 32.3 Å². The molecule has 4 rings (SSSR count). The van der Waals surface area contributed by atoms with E-state index in [4.69, 9.17) is 4.74 Å². The molecular weight excluding hydrogens is 396 g/mol. The Bertz CT molecular complexity index is 1070. The molecule has 29 heavy (non-hydrogen) atoms. The van der Waals surface area contributed by atoms with Crippen molar-refractivity contribution in [3.05, 3.63) is 26.6 Å². The number of nitrogens with one attached hydrogen (secondary N) is 1. The van der Waals surface area contributed by atoms with Gasteiger partial charge >= 0.3 is 12.0 Å². The lowest BCUT2D eigenvalue weighted by Crippen LogP contribution is -2.41. The number of carbonyl (C=O) groups excluding carboxylic acids is 3. The van der Waals surface area contributed by atoms with Crippen LogP contribution in [-0.4, -0.2) is 51.6 Å². The molecule has 0 spiro atoms. The third-order valence-corrected chi connectivity index (χ3v) is 6.52. The summed E-state index contributed by atoms with van der Waals surface area (Å²) in [6.45, 7) is 4.39. The molecule has 0 aliphatic carbocycles. The maximum absolute atomic E-state index is 13.0. The van der Waals surface area contributed by atoms with Gasteiger partial charge in [0.05, 0.1) is 5.39 Å². The topological polar surface area (TPSA) is 111 Å². The Labute approximate surface area is 170 Å². The van der Waals surface area contributed by atoms with E-state index in [1.165, 1.54) is 6.92 Å². The number of hydrogen-bond acceptors (Lipinski definition) is 7. The molecule has 0 bridgehead atoms. The molecule has 154 valence electrons. The molecule has 2 aromatic heterocycles. The summed E-state index contributed by atoms with van der Waals surface area (Å²) in [4.78, 5) is 56.2. The summed E-state index contributed by atoms with van der Waals surface area (Å²) in [6.07, 6.45) is 2.61. The number of imide groups is 1. The van der Waals surface area contributed by atoms with Crippen LogP contribution in [0.4, 0.5) is 4.79 Å². The smallest absolute Gasteiger partial charge is 0.349 e. The Hall–Kier alpha value is -2.75. The van der Waals surface area contributed by atoms with E-state index in [1.54, 1.807) is 11.5 Å². The Morgan fingerprint density at radius 2 is 2.00 bits per heavy atom. The van der Waals surface area contributed by atoms with Crippen LogP contribution in [0.1, 0.15) is 47.2 Å². The predicted octanol–water partition coefficient (Wildman–Crippen LogP) is 1.59. The highest BCUT2D eigenvalue weighted by Crippen LogP contribution is 2.29. The molecule has 1 N–H and O–H groups in total. The minimum Gasteiger partial charge on any atom is -0.448 e. The van der Waals surface area contributed by atoms with Crippen molar-refractivity contribution < 1.29 is 19.1 Å². The first-order chi connectivity index (χ1) is 13.9. The van der Waals surface area contributed by atoms with Crippen molar-refractivity contribution in [2.24, 2.45) is 0 Å². The zero-order chi connectivity index (χ0) is 20.7.